The zero-order chi connectivity index (χ0) is 11.5. The molecular weight excluding hydrogens is 223 g/mol. The van der Waals surface area contributed by atoms with Crippen LogP contribution in [0.2, 0.25) is 0 Å². The lowest BCUT2D eigenvalue weighted by molar-refractivity contribution is 0.624. The van der Waals surface area contributed by atoms with E-state index >= 15 is 0 Å². The van der Waals surface area contributed by atoms with Gasteiger partial charge in [-0.05, 0) is 18.4 Å². The smallest absolute Gasteiger partial charge is 0.151 e. The van der Waals surface area contributed by atoms with E-state index in [2.05, 4.69) is 23.8 Å². The maximum Gasteiger partial charge on any atom is 0.151 e. The van der Waals surface area contributed by atoms with Crippen LogP contribution in [-0.4, -0.2) is 9.97 Å². The Bertz CT molecular complexity index is 481. The summed E-state index contributed by atoms with van der Waals surface area (Å²) in [5.74, 6) is 0.113. The lowest BCUT2D eigenvalue weighted by Crippen LogP contribution is -1.91. The van der Waals surface area contributed by atoms with Crippen molar-refractivity contribution in [2.75, 3.05) is 0 Å². The third-order valence-corrected chi connectivity index (χ3v) is 3.54. The van der Waals surface area contributed by atoms with E-state index in [9.17, 15) is 4.39 Å². The van der Waals surface area contributed by atoms with Gasteiger partial charge < -0.3 is 0 Å². The van der Waals surface area contributed by atoms with E-state index in [4.69, 9.17) is 0 Å². The first-order valence-electron chi connectivity index (χ1n) is 5.27. The van der Waals surface area contributed by atoms with Crippen LogP contribution >= 0.6 is 11.3 Å². The van der Waals surface area contributed by atoms with Gasteiger partial charge in [0.1, 0.15) is 5.01 Å². The molecule has 4 heteroatoms. The second kappa shape index (κ2) is 4.70. The molecule has 2 heterocycles. The molecule has 84 valence electrons. The standard InChI is InChI=1S/C12H13FN2S/c1-3-8(2)11-7-16-12(15-11)9-4-5-14-6-10(9)13/h4-8H,3H2,1-2H3. The molecule has 0 bridgehead atoms. The third-order valence-electron chi connectivity index (χ3n) is 2.64. The topological polar surface area (TPSA) is 25.8 Å². The average molecular weight is 236 g/mol. The number of rotatable bonds is 3. The van der Waals surface area contributed by atoms with Gasteiger partial charge in [-0.15, -0.1) is 11.3 Å². The Balaban J connectivity index is 2.35. The van der Waals surface area contributed by atoms with Crippen molar-refractivity contribution in [3.05, 3.63) is 35.4 Å². The van der Waals surface area contributed by atoms with Crippen LogP contribution in [0.25, 0.3) is 10.6 Å². The van der Waals surface area contributed by atoms with Crippen molar-refractivity contribution in [1.82, 2.24) is 9.97 Å². The summed E-state index contributed by atoms with van der Waals surface area (Å²) in [6.07, 6.45) is 3.85. The van der Waals surface area contributed by atoms with Gasteiger partial charge in [-0.25, -0.2) is 9.37 Å². The van der Waals surface area contributed by atoms with Crippen molar-refractivity contribution < 1.29 is 4.39 Å². The molecule has 0 aliphatic rings. The molecule has 0 amide bonds. The minimum atomic E-state index is -0.312. The van der Waals surface area contributed by atoms with Crippen LogP contribution in [-0.2, 0) is 0 Å². The van der Waals surface area contributed by atoms with E-state index in [1.165, 1.54) is 17.5 Å². The fourth-order valence-corrected chi connectivity index (χ4v) is 2.36. The summed E-state index contributed by atoms with van der Waals surface area (Å²) < 4.78 is 13.5. The fraction of sp³-hybridized carbons (Fsp3) is 0.333. The lowest BCUT2D eigenvalue weighted by Gasteiger charge is -2.02. The quantitative estimate of drug-likeness (QED) is 0.808. The molecule has 0 aromatic carbocycles. The summed E-state index contributed by atoms with van der Waals surface area (Å²) in [6.45, 7) is 4.25. The zero-order valence-corrected chi connectivity index (χ0v) is 10.1. The van der Waals surface area contributed by atoms with Gasteiger partial charge in [0.05, 0.1) is 11.9 Å². The van der Waals surface area contributed by atoms with E-state index in [-0.39, 0.29) is 5.82 Å². The molecule has 0 saturated carbocycles. The van der Waals surface area contributed by atoms with Crippen molar-refractivity contribution in [2.24, 2.45) is 0 Å². The molecule has 1 atom stereocenters. The zero-order valence-electron chi connectivity index (χ0n) is 9.27. The molecule has 0 spiro atoms. The number of nitrogens with zero attached hydrogens (tertiary/aromatic N) is 2. The highest BCUT2D eigenvalue weighted by Gasteiger charge is 2.12. The Morgan fingerprint density at radius 3 is 3.00 bits per heavy atom. The van der Waals surface area contributed by atoms with Crippen molar-refractivity contribution in [1.29, 1.82) is 0 Å². The van der Waals surface area contributed by atoms with Gasteiger partial charge in [0, 0.05) is 17.1 Å². The number of aromatic nitrogens is 2. The summed E-state index contributed by atoms with van der Waals surface area (Å²) in [7, 11) is 0. The predicted molar refractivity (Wildman–Crippen MR) is 64.0 cm³/mol. The number of halogens is 1. The second-order valence-electron chi connectivity index (χ2n) is 3.74. The highest BCUT2D eigenvalue weighted by atomic mass is 32.1. The Morgan fingerprint density at radius 2 is 2.31 bits per heavy atom. The monoisotopic (exact) mass is 236 g/mol. The van der Waals surface area contributed by atoms with Gasteiger partial charge in [0.15, 0.2) is 5.82 Å². The largest absolute Gasteiger partial charge is 0.262 e. The lowest BCUT2D eigenvalue weighted by atomic mass is 10.1. The van der Waals surface area contributed by atoms with Crippen molar-refractivity contribution in [3.63, 3.8) is 0 Å². The molecule has 2 nitrogen and oxygen atoms in total. The second-order valence-corrected chi connectivity index (χ2v) is 4.60. The molecule has 16 heavy (non-hydrogen) atoms. The summed E-state index contributed by atoms with van der Waals surface area (Å²) in [6, 6.07) is 1.66. The van der Waals surface area contributed by atoms with Crippen LogP contribution < -0.4 is 0 Å². The van der Waals surface area contributed by atoms with Gasteiger partial charge in [0.25, 0.3) is 0 Å². The SMILES string of the molecule is CCC(C)c1csc(-c2ccncc2F)n1. The fourth-order valence-electron chi connectivity index (χ4n) is 1.39. The molecule has 2 rings (SSSR count). The van der Waals surface area contributed by atoms with Crippen LogP contribution in [0.1, 0.15) is 31.9 Å². The summed E-state index contributed by atoms with van der Waals surface area (Å²) in [4.78, 5) is 8.19. The van der Waals surface area contributed by atoms with E-state index in [1.54, 1.807) is 12.3 Å². The number of hydrogen-bond donors (Lipinski definition) is 0. The van der Waals surface area contributed by atoms with E-state index in [1.807, 2.05) is 5.38 Å². The van der Waals surface area contributed by atoms with Gasteiger partial charge in [-0.1, -0.05) is 13.8 Å². The molecular formula is C12H13FN2S. The van der Waals surface area contributed by atoms with E-state index in [0.717, 1.165) is 17.1 Å². The molecule has 0 N–H and O–H groups in total. The first-order valence-corrected chi connectivity index (χ1v) is 6.15. The number of pyridine rings is 1. The van der Waals surface area contributed by atoms with E-state index in [0.29, 0.717) is 11.5 Å². The van der Waals surface area contributed by atoms with Crippen molar-refractivity contribution >= 4 is 11.3 Å². The maximum atomic E-state index is 13.5. The van der Waals surface area contributed by atoms with Crippen LogP contribution in [0.5, 0.6) is 0 Å². The number of hydrogen-bond acceptors (Lipinski definition) is 3. The summed E-state index contributed by atoms with van der Waals surface area (Å²) >= 11 is 1.48. The van der Waals surface area contributed by atoms with Gasteiger partial charge in [-0.2, -0.15) is 0 Å². The minimum Gasteiger partial charge on any atom is -0.262 e. The summed E-state index contributed by atoms with van der Waals surface area (Å²) in [5.41, 5.74) is 1.58. The number of thiazole rings is 1. The molecule has 2 aromatic rings. The van der Waals surface area contributed by atoms with E-state index < -0.39 is 0 Å². The minimum absolute atomic E-state index is 0.312. The molecule has 0 aliphatic carbocycles. The third kappa shape index (κ3) is 2.11. The van der Waals surface area contributed by atoms with Crippen LogP contribution in [0.15, 0.2) is 23.8 Å². The molecule has 0 aliphatic heterocycles. The van der Waals surface area contributed by atoms with Gasteiger partial charge >= 0.3 is 0 Å². The van der Waals surface area contributed by atoms with Crippen LogP contribution in [0, 0.1) is 5.82 Å². The van der Waals surface area contributed by atoms with Crippen molar-refractivity contribution in [3.8, 4) is 10.6 Å². The predicted octanol–water partition coefficient (Wildman–Crippen LogP) is 3.86. The Hall–Kier alpha value is -1.29. The van der Waals surface area contributed by atoms with Crippen LogP contribution in [0.4, 0.5) is 4.39 Å². The highest BCUT2D eigenvalue weighted by Crippen LogP contribution is 2.29. The molecule has 0 fully saturated rings. The van der Waals surface area contributed by atoms with Gasteiger partial charge in [0.2, 0.25) is 0 Å². The highest BCUT2D eigenvalue weighted by molar-refractivity contribution is 7.13. The molecule has 0 saturated heterocycles. The van der Waals surface area contributed by atoms with Gasteiger partial charge in [-0.3, -0.25) is 4.98 Å². The Labute approximate surface area is 98.2 Å². The summed E-state index contributed by atoms with van der Waals surface area (Å²) in [5, 5.41) is 2.74. The average Bonchev–Trinajstić information content (AvgIpc) is 2.78. The van der Waals surface area contributed by atoms with Crippen molar-refractivity contribution in [2.45, 2.75) is 26.2 Å². The first kappa shape index (κ1) is 11.2. The maximum absolute atomic E-state index is 13.5. The molecule has 1 unspecified atom stereocenters. The normalized spacial score (nSPS) is 12.7. The Morgan fingerprint density at radius 1 is 1.50 bits per heavy atom. The molecule has 0 radical (unpaired) electrons. The van der Waals surface area contributed by atoms with Crippen LogP contribution in [0.3, 0.4) is 0 Å². The Kier molecular flexibility index (Phi) is 3.29. The molecule has 2 aromatic heterocycles. The first-order chi connectivity index (χ1) is 7.72.